The predicted molar refractivity (Wildman–Crippen MR) is 114 cm³/mol. The molecule has 156 valence electrons. The van der Waals surface area contributed by atoms with Gasteiger partial charge in [-0.05, 0) is 55.8 Å². The number of methoxy groups -OCH3 is 1. The van der Waals surface area contributed by atoms with Gasteiger partial charge in [-0.25, -0.2) is 0 Å². The number of nitrogens with zero attached hydrogens (tertiary/aromatic N) is 4. The summed E-state index contributed by atoms with van der Waals surface area (Å²) in [5, 5.41) is 4.10. The first-order valence-electron chi connectivity index (χ1n) is 10.2. The molecule has 1 amide bonds. The molecule has 0 aliphatic carbocycles. The average molecular weight is 406 g/mol. The van der Waals surface area contributed by atoms with Gasteiger partial charge in [-0.2, -0.15) is 4.98 Å². The van der Waals surface area contributed by atoms with Crippen LogP contribution in [0.5, 0.6) is 5.75 Å². The summed E-state index contributed by atoms with van der Waals surface area (Å²) in [6.07, 6.45) is 1.87. The van der Waals surface area contributed by atoms with E-state index >= 15 is 0 Å². The first-order chi connectivity index (χ1) is 14.6. The number of aromatic nitrogens is 2. The number of likely N-dealkylation sites (tertiary alicyclic amines) is 1. The Hall–Kier alpha value is -3.19. The molecule has 1 aliphatic heterocycles. The second-order valence-electron chi connectivity index (χ2n) is 7.55. The molecule has 7 heteroatoms. The van der Waals surface area contributed by atoms with Crippen molar-refractivity contribution < 1.29 is 14.1 Å². The smallest absolute Gasteiger partial charge is 0.241 e. The highest BCUT2D eigenvalue weighted by molar-refractivity contribution is 5.94. The van der Waals surface area contributed by atoms with E-state index in [1.807, 2.05) is 61.6 Å². The fraction of sp³-hybridized carbons (Fsp3) is 0.348. The molecule has 1 aromatic heterocycles. The van der Waals surface area contributed by atoms with E-state index in [1.165, 1.54) is 0 Å². The molecule has 0 saturated carbocycles. The second-order valence-corrected chi connectivity index (χ2v) is 7.55. The maximum Gasteiger partial charge on any atom is 0.241 e. The summed E-state index contributed by atoms with van der Waals surface area (Å²) in [5.41, 5.74) is 1.79. The molecule has 0 radical (unpaired) electrons. The fourth-order valence-corrected chi connectivity index (χ4v) is 3.82. The monoisotopic (exact) mass is 406 g/mol. The molecule has 4 rings (SSSR count). The minimum atomic E-state index is -0.0343. The van der Waals surface area contributed by atoms with E-state index in [0.29, 0.717) is 24.8 Å². The third kappa shape index (κ3) is 4.52. The number of amides is 1. The summed E-state index contributed by atoms with van der Waals surface area (Å²) in [4.78, 5) is 21.5. The van der Waals surface area contributed by atoms with Gasteiger partial charge in [-0.1, -0.05) is 23.4 Å². The van der Waals surface area contributed by atoms with Crippen LogP contribution in [0.25, 0.3) is 11.4 Å². The van der Waals surface area contributed by atoms with Crippen molar-refractivity contribution in [2.24, 2.45) is 5.92 Å². The number of carbonyl (C=O) groups excluding carboxylic acids is 1. The lowest BCUT2D eigenvalue weighted by Gasteiger charge is -2.33. The molecule has 7 nitrogen and oxygen atoms in total. The highest BCUT2D eigenvalue weighted by Gasteiger charge is 2.29. The van der Waals surface area contributed by atoms with E-state index in [9.17, 15) is 4.79 Å². The number of anilines is 1. The number of hydrogen-bond acceptors (Lipinski definition) is 6. The highest BCUT2D eigenvalue weighted by atomic mass is 16.5. The van der Waals surface area contributed by atoms with Crippen LogP contribution in [0.4, 0.5) is 5.69 Å². The van der Waals surface area contributed by atoms with Crippen LogP contribution in [0, 0.1) is 5.92 Å². The summed E-state index contributed by atoms with van der Waals surface area (Å²) >= 11 is 0. The quantitative estimate of drug-likeness (QED) is 0.623. The third-order valence-electron chi connectivity index (χ3n) is 5.50. The van der Waals surface area contributed by atoms with Crippen LogP contribution in [0.2, 0.25) is 0 Å². The summed E-state index contributed by atoms with van der Waals surface area (Å²) in [6.45, 7) is 2.15. The molecule has 1 atom stereocenters. The summed E-state index contributed by atoms with van der Waals surface area (Å²) in [6, 6.07) is 17.3. The van der Waals surface area contributed by atoms with E-state index in [4.69, 9.17) is 9.26 Å². The number of piperidine rings is 1. The second kappa shape index (κ2) is 9.09. The van der Waals surface area contributed by atoms with E-state index < -0.39 is 0 Å². The van der Waals surface area contributed by atoms with Crippen molar-refractivity contribution in [2.75, 3.05) is 32.1 Å². The van der Waals surface area contributed by atoms with Crippen molar-refractivity contribution in [3.8, 4) is 17.1 Å². The number of carbonyl (C=O) groups is 1. The molecule has 1 saturated heterocycles. The molecule has 2 heterocycles. The van der Waals surface area contributed by atoms with E-state index in [-0.39, 0.29) is 11.8 Å². The third-order valence-corrected chi connectivity index (χ3v) is 5.50. The zero-order valence-electron chi connectivity index (χ0n) is 17.3. The molecular formula is C23H26N4O3. The predicted octanol–water partition coefficient (Wildman–Crippen LogP) is 3.62. The zero-order valence-corrected chi connectivity index (χ0v) is 17.3. The first-order valence-corrected chi connectivity index (χ1v) is 10.2. The van der Waals surface area contributed by atoms with Crippen molar-refractivity contribution in [3.63, 3.8) is 0 Å². The molecule has 0 spiro atoms. The highest BCUT2D eigenvalue weighted by Crippen LogP contribution is 2.24. The van der Waals surface area contributed by atoms with Gasteiger partial charge in [0.1, 0.15) is 5.75 Å². The lowest BCUT2D eigenvalue weighted by Crippen LogP contribution is -2.43. The maximum atomic E-state index is 13.0. The summed E-state index contributed by atoms with van der Waals surface area (Å²) in [5.74, 6) is 2.02. The van der Waals surface area contributed by atoms with Gasteiger partial charge in [0.15, 0.2) is 0 Å². The molecule has 2 aromatic carbocycles. The minimum Gasteiger partial charge on any atom is -0.497 e. The Labute approximate surface area is 176 Å². The Morgan fingerprint density at radius 2 is 1.97 bits per heavy atom. The molecule has 1 fully saturated rings. The molecular weight excluding hydrogens is 380 g/mol. The van der Waals surface area contributed by atoms with Crippen molar-refractivity contribution in [3.05, 3.63) is 60.5 Å². The lowest BCUT2D eigenvalue weighted by molar-refractivity contribution is -0.123. The largest absolute Gasteiger partial charge is 0.497 e. The van der Waals surface area contributed by atoms with Crippen molar-refractivity contribution in [2.45, 2.75) is 19.4 Å². The van der Waals surface area contributed by atoms with Crippen LogP contribution >= 0.6 is 0 Å². The number of ether oxygens (including phenoxy) is 1. The standard InChI is InChI=1S/C23H26N4O3/c1-26(19-8-4-3-5-9-19)23(28)18-7-6-14-27(15-18)16-21-24-22(25-30-21)17-10-12-20(29-2)13-11-17/h3-5,8-13,18H,6-7,14-16H2,1-2H3. The van der Waals surface area contributed by atoms with Crippen LogP contribution in [-0.4, -0.2) is 48.2 Å². The lowest BCUT2D eigenvalue weighted by atomic mass is 9.96. The Bertz CT molecular complexity index is 972. The molecule has 0 bridgehead atoms. The van der Waals surface area contributed by atoms with Crippen molar-refractivity contribution >= 4 is 11.6 Å². The Morgan fingerprint density at radius 3 is 2.70 bits per heavy atom. The topological polar surface area (TPSA) is 71.7 Å². The van der Waals surface area contributed by atoms with Gasteiger partial charge >= 0.3 is 0 Å². The fourth-order valence-electron chi connectivity index (χ4n) is 3.82. The normalized spacial score (nSPS) is 16.9. The number of benzene rings is 2. The van der Waals surface area contributed by atoms with Crippen LogP contribution in [-0.2, 0) is 11.3 Å². The maximum absolute atomic E-state index is 13.0. The Kier molecular flexibility index (Phi) is 6.09. The number of hydrogen-bond donors (Lipinski definition) is 0. The van der Waals surface area contributed by atoms with Gasteiger partial charge in [-0.3, -0.25) is 9.69 Å². The van der Waals surface area contributed by atoms with Crippen LogP contribution < -0.4 is 9.64 Å². The summed E-state index contributed by atoms with van der Waals surface area (Å²) in [7, 11) is 3.48. The van der Waals surface area contributed by atoms with Gasteiger partial charge in [0.25, 0.3) is 0 Å². The SMILES string of the molecule is COc1ccc(-c2noc(CN3CCCC(C(=O)N(C)c4ccccc4)C3)n2)cc1. The molecule has 30 heavy (non-hydrogen) atoms. The van der Waals surface area contributed by atoms with Crippen molar-refractivity contribution in [1.29, 1.82) is 0 Å². The van der Waals surface area contributed by atoms with Crippen molar-refractivity contribution in [1.82, 2.24) is 15.0 Å². The van der Waals surface area contributed by atoms with Crippen LogP contribution in [0.3, 0.4) is 0 Å². The van der Waals surface area contributed by atoms with Gasteiger partial charge in [0, 0.05) is 24.8 Å². The van der Waals surface area contributed by atoms with Crippen LogP contribution in [0.1, 0.15) is 18.7 Å². The molecule has 1 aliphatic rings. The van der Waals surface area contributed by atoms with Gasteiger partial charge < -0.3 is 14.2 Å². The van der Waals surface area contributed by atoms with E-state index in [0.717, 1.165) is 36.4 Å². The summed E-state index contributed by atoms with van der Waals surface area (Å²) < 4.78 is 10.6. The van der Waals surface area contributed by atoms with Gasteiger partial charge in [0.05, 0.1) is 19.6 Å². The molecule has 1 unspecified atom stereocenters. The van der Waals surface area contributed by atoms with Crippen LogP contribution in [0.15, 0.2) is 59.1 Å². The number of rotatable bonds is 6. The Balaban J connectivity index is 1.38. The molecule has 0 N–H and O–H groups in total. The van der Waals surface area contributed by atoms with Gasteiger partial charge in [0.2, 0.25) is 17.6 Å². The minimum absolute atomic E-state index is 0.0343. The van der Waals surface area contributed by atoms with E-state index in [1.54, 1.807) is 12.0 Å². The zero-order chi connectivity index (χ0) is 20.9. The molecule has 3 aromatic rings. The average Bonchev–Trinajstić information content (AvgIpc) is 3.27. The van der Waals surface area contributed by atoms with E-state index in [2.05, 4.69) is 15.0 Å². The van der Waals surface area contributed by atoms with Gasteiger partial charge in [-0.15, -0.1) is 0 Å². The first kappa shape index (κ1) is 20.1. The number of para-hydroxylation sites is 1. The Morgan fingerprint density at radius 1 is 1.20 bits per heavy atom.